The first-order chi connectivity index (χ1) is 13.8. The van der Waals surface area contributed by atoms with Crippen LogP contribution in [-0.2, 0) is 14.6 Å². The molecule has 9 heteroatoms. The Hall–Kier alpha value is -2.39. The molecule has 29 heavy (non-hydrogen) atoms. The van der Waals surface area contributed by atoms with Crippen LogP contribution in [0.25, 0.3) is 0 Å². The number of amidine groups is 1. The van der Waals surface area contributed by atoms with Gasteiger partial charge >= 0.3 is 0 Å². The Labute approximate surface area is 173 Å². The molecule has 0 unspecified atom stereocenters. The number of benzene rings is 2. The Morgan fingerprint density at radius 3 is 2.76 bits per heavy atom. The molecule has 152 valence electrons. The Kier molecular flexibility index (Phi) is 5.35. The molecule has 1 saturated heterocycles. The molecular formula is C20H20FN3O3S2. The summed E-state index contributed by atoms with van der Waals surface area (Å²) in [6.07, 6.45) is 0. The van der Waals surface area contributed by atoms with Crippen LogP contribution in [0, 0.1) is 12.7 Å². The molecular weight excluding hydrogens is 413 g/mol. The molecule has 0 saturated carbocycles. The van der Waals surface area contributed by atoms with Crippen molar-refractivity contribution in [2.75, 3.05) is 28.3 Å². The lowest BCUT2D eigenvalue weighted by atomic mass is 10.2. The number of sulfone groups is 1. The molecule has 6 nitrogen and oxygen atoms in total. The Balaban J connectivity index is 1.59. The summed E-state index contributed by atoms with van der Waals surface area (Å²) in [5.74, 6) is -0.735. The number of nitrogens with one attached hydrogen (secondary N) is 1. The van der Waals surface area contributed by atoms with Gasteiger partial charge in [0.1, 0.15) is 12.4 Å². The van der Waals surface area contributed by atoms with E-state index >= 15 is 0 Å². The van der Waals surface area contributed by atoms with E-state index in [0.717, 1.165) is 5.56 Å². The lowest BCUT2D eigenvalue weighted by Gasteiger charge is -2.24. The van der Waals surface area contributed by atoms with Crippen molar-refractivity contribution < 1.29 is 17.6 Å². The number of aryl methyl sites for hydroxylation is 1. The quantitative estimate of drug-likeness (QED) is 0.802. The second-order valence-corrected chi connectivity index (χ2v) is 10.5. The van der Waals surface area contributed by atoms with Crippen LogP contribution in [0.3, 0.4) is 0 Å². The third-order valence-corrected chi connectivity index (χ3v) is 8.03. The molecule has 0 spiro atoms. The fraction of sp³-hybridized carbons (Fsp3) is 0.300. The van der Waals surface area contributed by atoms with Gasteiger partial charge in [0.15, 0.2) is 15.0 Å². The molecule has 2 aromatic carbocycles. The average molecular weight is 434 g/mol. The molecule has 2 aliphatic rings. The lowest BCUT2D eigenvalue weighted by molar-refractivity contribution is -0.114. The van der Waals surface area contributed by atoms with Crippen LogP contribution >= 0.6 is 11.8 Å². The van der Waals surface area contributed by atoms with E-state index in [9.17, 15) is 17.6 Å². The number of fused-ring (bicyclic) bond motifs is 1. The molecule has 2 aromatic rings. The van der Waals surface area contributed by atoms with Gasteiger partial charge in [-0.3, -0.25) is 9.79 Å². The van der Waals surface area contributed by atoms with Gasteiger partial charge in [-0.2, -0.15) is 0 Å². The summed E-state index contributed by atoms with van der Waals surface area (Å²) < 4.78 is 38.2. The van der Waals surface area contributed by atoms with E-state index in [-0.39, 0.29) is 40.9 Å². The normalized spacial score (nSPS) is 22.1. The number of nitrogens with zero attached hydrogens (tertiary/aromatic N) is 2. The zero-order valence-electron chi connectivity index (χ0n) is 15.7. The number of thioether (sulfide) groups is 1. The van der Waals surface area contributed by atoms with Gasteiger partial charge < -0.3 is 10.2 Å². The predicted octanol–water partition coefficient (Wildman–Crippen LogP) is 2.85. The van der Waals surface area contributed by atoms with E-state index < -0.39 is 15.7 Å². The Morgan fingerprint density at radius 1 is 1.24 bits per heavy atom. The highest BCUT2D eigenvalue weighted by atomic mass is 32.2. The van der Waals surface area contributed by atoms with E-state index in [2.05, 4.69) is 10.3 Å². The molecule has 2 atom stereocenters. The molecule has 0 aromatic heterocycles. The minimum atomic E-state index is -3.10. The number of para-hydroxylation sites is 1. The standard InChI is InChI=1S/C20H20FN3O3S2/c1-13-5-4-6-14(9-13)22-19(25)10-24(17-8-3-2-7-15(17)21)20-23-16-11-29(26,27)12-18(16)28-20/h2-9,16,18H,10-12H2,1H3,(H,22,25)/t16-,18+/m1/s1. The summed E-state index contributed by atoms with van der Waals surface area (Å²) in [4.78, 5) is 18.7. The molecule has 0 radical (unpaired) electrons. The van der Waals surface area contributed by atoms with Crippen molar-refractivity contribution in [1.82, 2.24) is 0 Å². The summed E-state index contributed by atoms with van der Waals surface area (Å²) in [7, 11) is -3.10. The van der Waals surface area contributed by atoms with Gasteiger partial charge in [-0.05, 0) is 36.8 Å². The van der Waals surface area contributed by atoms with E-state index in [1.54, 1.807) is 24.3 Å². The Morgan fingerprint density at radius 2 is 2.03 bits per heavy atom. The van der Waals surface area contributed by atoms with E-state index in [4.69, 9.17) is 0 Å². The number of carbonyl (C=O) groups is 1. The highest BCUT2D eigenvalue weighted by Gasteiger charge is 2.44. The number of carbonyl (C=O) groups excluding carboxylic acids is 1. The summed E-state index contributed by atoms with van der Waals surface area (Å²) in [5.41, 5.74) is 1.91. The van der Waals surface area contributed by atoms with Crippen molar-refractivity contribution in [3.8, 4) is 0 Å². The van der Waals surface area contributed by atoms with Gasteiger partial charge in [0.2, 0.25) is 5.91 Å². The maximum atomic E-state index is 14.5. The minimum absolute atomic E-state index is 0.00519. The third kappa shape index (κ3) is 4.45. The molecule has 1 fully saturated rings. The summed E-state index contributed by atoms with van der Waals surface area (Å²) in [5, 5.41) is 3.11. The van der Waals surface area contributed by atoms with Crippen molar-refractivity contribution in [2.45, 2.75) is 18.2 Å². The van der Waals surface area contributed by atoms with E-state index in [1.165, 1.54) is 22.7 Å². The zero-order valence-corrected chi connectivity index (χ0v) is 17.3. The van der Waals surface area contributed by atoms with Crippen molar-refractivity contribution in [3.63, 3.8) is 0 Å². The molecule has 1 amide bonds. The lowest BCUT2D eigenvalue weighted by Crippen LogP contribution is -2.37. The van der Waals surface area contributed by atoms with Gasteiger partial charge in [0.25, 0.3) is 0 Å². The molecule has 2 heterocycles. The third-order valence-electron chi connectivity index (χ3n) is 4.78. The number of hydrogen-bond acceptors (Lipinski definition) is 6. The van der Waals surface area contributed by atoms with Crippen LogP contribution in [-0.4, -0.2) is 48.8 Å². The summed E-state index contributed by atoms with van der Waals surface area (Å²) >= 11 is 1.30. The topological polar surface area (TPSA) is 78.8 Å². The van der Waals surface area contributed by atoms with Gasteiger partial charge in [0, 0.05) is 10.9 Å². The first-order valence-corrected chi connectivity index (χ1v) is 11.8. The first kappa shape index (κ1) is 19.9. The van der Waals surface area contributed by atoms with Crippen molar-refractivity contribution in [3.05, 3.63) is 59.9 Å². The van der Waals surface area contributed by atoms with Crippen LogP contribution in [0.5, 0.6) is 0 Å². The number of anilines is 2. The summed E-state index contributed by atoms with van der Waals surface area (Å²) in [6, 6.07) is 13.2. The second kappa shape index (κ2) is 7.79. The number of rotatable bonds is 4. The van der Waals surface area contributed by atoms with Crippen LogP contribution in [0.1, 0.15) is 5.56 Å². The predicted molar refractivity (Wildman–Crippen MR) is 115 cm³/mol. The van der Waals surface area contributed by atoms with Gasteiger partial charge in [0.05, 0.1) is 23.2 Å². The fourth-order valence-electron chi connectivity index (χ4n) is 3.46. The molecule has 2 aliphatic heterocycles. The van der Waals surface area contributed by atoms with Crippen molar-refractivity contribution in [1.29, 1.82) is 0 Å². The zero-order chi connectivity index (χ0) is 20.6. The highest BCUT2D eigenvalue weighted by Crippen LogP contribution is 2.37. The van der Waals surface area contributed by atoms with Crippen LogP contribution < -0.4 is 10.2 Å². The fourth-order valence-corrected chi connectivity index (χ4v) is 7.24. The molecule has 4 rings (SSSR count). The number of aliphatic imine (C=N–C) groups is 1. The van der Waals surface area contributed by atoms with Gasteiger partial charge in [-0.25, -0.2) is 12.8 Å². The van der Waals surface area contributed by atoms with Crippen molar-refractivity contribution in [2.24, 2.45) is 4.99 Å². The van der Waals surface area contributed by atoms with Crippen LogP contribution in [0.4, 0.5) is 15.8 Å². The van der Waals surface area contributed by atoms with Crippen LogP contribution in [0.15, 0.2) is 53.5 Å². The van der Waals surface area contributed by atoms with Crippen molar-refractivity contribution >= 4 is 44.0 Å². The summed E-state index contributed by atoms with van der Waals surface area (Å²) in [6.45, 7) is 1.80. The largest absolute Gasteiger partial charge is 0.325 e. The maximum absolute atomic E-state index is 14.5. The highest BCUT2D eigenvalue weighted by molar-refractivity contribution is 8.15. The monoisotopic (exact) mass is 433 g/mol. The van der Waals surface area contributed by atoms with E-state index in [1.807, 2.05) is 25.1 Å². The average Bonchev–Trinajstić information content (AvgIpc) is 3.14. The molecule has 1 N–H and O–H groups in total. The maximum Gasteiger partial charge on any atom is 0.244 e. The van der Waals surface area contributed by atoms with Gasteiger partial charge in [-0.15, -0.1) is 0 Å². The number of amides is 1. The molecule has 0 bridgehead atoms. The first-order valence-electron chi connectivity index (χ1n) is 9.14. The Bertz CT molecular complexity index is 1090. The van der Waals surface area contributed by atoms with Gasteiger partial charge in [-0.1, -0.05) is 36.0 Å². The van der Waals surface area contributed by atoms with E-state index in [0.29, 0.717) is 10.9 Å². The SMILES string of the molecule is Cc1cccc(NC(=O)CN(C2=N[C@@H]3CS(=O)(=O)C[C@@H]3S2)c2ccccc2F)c1. The minimum Gasteiger partial charge on any atom is -0.325 e. The second-order valence-electron chi connectivity index (χ2n) is 7.17. The number of halogens is 1. The smallest absolute Gasteiger partial charge is 0.244 e. The number of hydrogen-bond donors (Lipinski definition) is 1. The molecule has 0 aliphatic carbocycles. The van der Waals surface area contributed by atoms with Crippen LogP contribution in [0.2, 0.25) is 0 Å².